The van der Waals surface area contributed by atoms with Crippen molar-refractivity contribution in [1.82, 2.24) is 14.5 Å². The van der Waals surface area contributed by atoms with E-state index >= 15 is 0 Å². The number of nitrogens with zero attached hydrogens (tertiary/aromatic N) is 3. The molecule has 1 fully saturated rings. The quantitative estimate of drug-likeness (QED) is 0.545. The zero-order chi connectivity index (χ0) is 22.3. The fourth-order valence-electron chi connectivity index (χ4n) is 4.29. The molecule has 1 aliphatic rings. The predicted octanol–water partition coefficient (Wildman–Crippen LogP) is 4.18. The van der Waals surface area contributed by atoms with Crippen molar-refractivity contribution in [2.45, 2.75) is 33.2 Å². The molecule has 0 spiro atoms. The smallest absolute Gasteiger partial charge is 0.238 e. The van der Waals surface area contributed by atoms with Gasteiger partial charge in [0.15, 0.2) is 11.5 Å². The lowest BCUT2D eigenvalue weighted by Crippen LogP contribution is -2.39. The van der Waals surface area contributed by atoms with Crippen LogP contribution >= 0.6 is 0 Å². The molecule has 0 radical (unpaired) electrons. The van der Waals surface area contributed by atoms with Gasteiger partial charge in [-0.1, -0.05) is 12.1 Å². The second-order valence-electron chi connectivity index (χ2n) is 8.18. The van der Waals surface area contributed by atoms with Crippen LogP contribution in [0.5, 0.6) is 11.5 Å². The summed E-state index contributed by atoms with van der Waals surface area (Å²) >= 11 is 0. The molecule has 3 aromatic rings. The molecular formula is C25H32N4O3. The molecule has 1 saturated heterocycles. The minimum atomic E-state index is -0.00402. The molecule has 0 saturated carbocycles. The van der Waals surface area contributed by atoms with E-state index in [4.69, 9.17) is 9.47 Å². The summed E-state index contributed by atoms with van der Waals surface area (Å²) in [7, 11) is 0. The van der Waals surface area contributed by atoms with Crippen LogP contribution in [0.4, 0.5) is 5.69 Å². The number of fused-ring (bicyclic) bond motifs is 1. The van der Waals surface area contributed by atoms with Gasteiger partial charge in [-0.3, -0.25) is 9.69 Å². The lowest BCUT2D eigenvalue weighted by atomic mass is 9.96. The number of hydrogen-bond acceptors (Lipinski definition) is 5. The molecule has 2 heterocycles. The Bertz CT molecular complexity index is 1040. The van der Waals surface area contributed by atoms with E-state index < -0.39 is 0 Å². The van der Waals surface area contributed by atoms with Gasteiger partial charge in [0.05, 0.1) is 37.1 Å². The maximum atomic E-state index is 12.6. The molecule has 0 aliphatic carbocycles. The highest BCUT2D eigenvalue weighted by Gasteiger charge is 2.22. The fraction of sp³-hybridized carbons (Fsp3) is 0.440. The summed E-state index contributed by atoms with van der Waals surface area (Å²) in [5, 5.41) is 3.00. The van der Waals surface area contributed by atoms with Crippen LogP contribution in [0.15, 0.2) is 48.8 Å². The summed E-state index contributed by atoms with van der Waals surface area (Å²) in [4.78, 5) is 19.3. The maximum Gasteiger partial charge on any atom is 0.238 e. The number of imidazole rings is 1. The minimum absolute atomic E-state index is 0.00402. The third kappa shape index (κ3) is 5.40. The first-order chi connectivity index (χ1) is 15.7. The molecule has 1 N–H and O–H groups in total. The number of benzene rings is 2. The van der Waals surface area contributed by atoms with Crippen molar-refractivity contribution in [2.24, 2.45) is 5.92 Å². The Hall–Kier alpha value is -3.06. The van der Waals surface area contributed by atoms with Crippen molar-refractivity contribution in [3.63, 3.8) is 0 Å². The van der Waals surface area contributed by atoms with Crippen LogP contribution in [0, 0.1) is 5.92 Å². The summed E-state index contributed by atoms with van der Waals surface area (Å²) in [5.74, 6) is 1.95. The Kier molecular flexibility index (Phi) is 7.27. The number of likely N-dealkylation sites (tertiary alicyclic amines) is 1. The monoisotopic (exact) mass is 436 g/mol. The van der Waals surface area contributed by atoms with Crippen molar-refractivity contribution in [3.05, 3.63) is 48.8 Å². The van der Waals surface area contributed by atoms with Crippen molar-refractivity contribution in [2.75, 3.05) is 38.2 Å². The van der Waals surface area contributed by atoms with Gasteiger partial charge in [-0.25, -0.2) is 4.98 Å². The van der Waals surface area contributed by atoms with Gasteiger partial charge in [-0.2, -0.15) is 0 Å². The molecular weight excluding hydrogens is 404 g/mol. The Morgan fingerprint density at radius 1 is 1.06 bits per heavy atom. The Morgan fingerprint density at radius 2 is 1.81 bits per heavy atom. The molecule has 2 aromatic carbocycles. The van der Waals surface area contributed by atoms with Crippen LogP contribution in [0.3, 0.4) is 0 Å². The minimum Gasteiger partial charge on any atom is -0.490 e. The zero-order valence-electron chi connectivity index (χ0n) is 18.9. The van der Waals surface area contributed by atoms with E-state index in [0.29, 0.717) is 37.2 Å². The lowest BCUT2D eigenvalue weighted by Gasteiger charge is -2.31. The van der Waals surface area contributed by atoms with Crippen molar-refractivity contribution in [3.8, 4) is 11.5 Å². The standard InChI is InChI=1S/C25H32N4O3/c1-3-31-23-10-9-20(15-24(23)32-4-2)27-25(30)17-28-13-11-19(12-14-28)16-29-18-26-21-7-5-6-8-22(21)29/h5-10,15,18-19H,3-4,11-14,16-17H2,1-2H3,(H,27,30). The van der Waals surface area contributed by atoms with Gasteiger partial charge in [0.2, 0.25) is 5.91 Å². The molecule has 0 bridgehead atoms. The highest BCUT2D eigenvalue weighted by atomic mass is 16.5. The van der Waals surface area contributed by atoms with Gasteiger partial charge in [0.1, 0.15) is 0 Å². The van der Waals surface area contributed by atoms with Crippen LogP contribution < -0.4 is 14.8 Å². The van der Waals surface area contributed by atoms with Gasteiger partial charge in [0.25, 0.3) is 0 Å². The van der Waals surface area contributed by atoms with E-state index in [1.165, 1.54) is 5.52 Å². The molecule has 0 atom stereocenters. The Balaban J connectivity index is 1.27. The van der Waals surface area contributed by atoms with Crippen LogP contribution in [0.1, 0.15) is 26.7 Å². The van der Waals surface area contributed by atoms with Gasteiger partial charge in [0, 0.05) is 18.3 Å². The van der Waals surface area contributed by atoms with Gasteiger partial charge in [-0.15, -0.1) is 0 Å². The summed E-state index contributed by atoms with van der Waals surface area (Å²) in [6, 6.07) is 13.8. The second-order valence-corrected chi connectivity index (χ2v) is 8.18. The summed E-state index contributed by atoms with van der Waals surface area (Å²) in [6.07, 6.45) is 4.10. The predicted molar refractivity (Wildman–Crippen MR) is 126 cm³/mol. The highest BCUT2D eigenvalue weighted by Crippen LogP contribution is 2.30. The van der Waals surface area contributed by atoms with Gasteiger partial charge in [-0.05, 0) is 70.0 Å². The lowest BCUT2D eigenvalue weighted by molar-refractivity contribution is -0.117. The van der Waals surface area contributed by atoms with Crippen LogP contribution in [-0.4, -0.2) is 53.2 Å². The van der Waals surface area contributed by atoms with Crippen molar-refractivity contribution >= 4 is 22.6 Å². The Labute approximate surface area is 189 Å². The van der Waals surface area contributed by atoms with E-state index in [1.807, 2.05) is 44.4 Å². The number of anilines is 1. The van der Waals surface area contributed by atoms with Crippen LogP contribution in [-0.2, 0) is 11.3 Å². The Morgan fingerprint density at radius 3 is 2.59 bits per heavy atom. The van der Waals surface area contributed by atoms with E-state index in [2.05, 4.69) is 38.0 Å². The average molecular weight is 437 g/mol. The number of carbonyl (C=O) groups is 1. The molecule has 170 valence electrons. The normalized spacial score (nSPS) is 15.1. The number of amides is 1. The number of carbonyl (C=O) groups excluding carboxylic acids is 1. The van der Waals surface area contributed by atoms with E-state index in [-0.39, 0.29) is 5.91 Å². The molecule has 1 amide bonds. The third-order valence-corrected chi connectivity index (χ3v) is 5.88. The fourth-order valence-corrected chi connectivity index (χ4v) is 4.29. The highest BCUT2D eigenvalue weighted by molar-refractivity contribution is 5.92. The van der Waals surface area contributed by atoms with Gasteiger partial charge < -0.3 is 19.4 Å². The number of hydrogen-bond donors (Lipinski definition) is 1. The third-order valence-electron chi connectivity index (χ3n) is 5.88. The summed E-state index contributed by atoms with van der Waals surface area (Å²) < 4.78 is 13.5. The maximum absolute atomic E-state index is 12.6. The van der Waals surface area contributed by atoms with Crippen molar-refractivity contribution in [1.29, 1.82) is 0 Å². The molecule has 1 aromatic heterocycles. The number of piperidine rings is 1. The SMILES string of the molecule is CCOc1ccc(NC(=O)CN2CCC(Cn3cnc4ccccc43)CC2)cc1OCC. The first-order valence-corrected chi connectivity index (χ1v) is 11.5. The van der Waals surface area contributed by atoms with Gasteiger partial charge >= 0.3 is 0 Å². The molecule has 32 heavy (non-hydrogen) atoms. The topological polar surface area (TPSA) is 68.6 Å². The first kappa shape index (κ1) is 22.1. The summed E-state index contributed by atoms with van der Waals surface area (Å²) in [6.45, 7) is 8.22. The van der Waals surface area contributed by atoms with E-state index in [9.17, 15) is 4.79 Å². The second kappa shape index (κ2) is 10.5. The number of nitrogens with one attached hydrogen (secondary N) is 1. The summed E-state index contributed by atoms with van der Waals surface area (Å²) in [5.41, 5.74) is 2.96. The molecule has 1 aliphatic heterocycles. The van der Waals surface area contributed by atoms with Crippen molar-refractivity contribution < 1.29 is 14.3 Å². The number of para-hydroxylation sites is 2. The zero-order valence-corrected chi connectivity index (χ0v) is 18.9. The van der Waals surface area contributed by atoms with Crippen LogP contribution in [0.2, 0.25) is 0 Å². The number of ether oxygens (including phenoxy) is 2. The average Bonchev–Trinajstić information content (AvgIpc) is 3.20. The van der Waals surface area contributed by atoms with E-state index in [1.54, 1.807) is 0 Å². The number of rotatable bonds is 9. The van der Waals surface area contributed by atoms with E-state index in [0.717, 1.165) is 43.7 Å². The van der Waals surface area contributed by atoms with Crippen LogP contribution in [0.25, 0.3) is 11.0 Å². The molecule has 4 rings (SSSR count). The largest absolute Gasteiger partial charge is 0.490 e. The first-order valence-electron chi connectivity index (χ1n) is 11.5. The molecule has 7 nitrogen and oxygen atoms in total. The number of aromatic nitrogens is 2. The molecule has 0 unspecified atom stereocenters. The molecule has 7 heteroatoms.